The molecule has 0 fully saturated rings. The maximum atomic E-state index is 10.8. The van der Waals surface area contributed by atoms with Crippen LogP contribution in [0.1, 0.15) is 6.42 Å². The summed E-state index contributed by atoms with van der Waals surface area (Å²) in [6, 6.07) is 0. The van der Waals surface area contributed by atoms with Crippen LogP contribution in [0.3, 0.4) is 0 Å². The van der Waals surface area contributed by atoms with E-state index in [1.807, 2.05) is 19.0 Å². The SMILES string of the molecule is CN(C)CCOC(=O)CC(=N)N. The van der Waals surface area contributed by atoms with Gasteiger partial charge in [-0.05, 0) is 14.1 Å². The predicted octanol–water partition coefficient (Wildman–Crippen LogP) is -0.583. The van der Waals surface area contributed by atoms with Crippen molar-refractivity contribution in [3.63, 3.8) is 0 Å². The third-order valence-corrected chi connectivity index (χ3v) is 1.14. The number of likely N-dealkylation sites (N-methyl/N-ethyl adjacent to an activating group) is 1. The number of hydrogen-bond donors (Lipinski definition) is 2. The topological polar surface area (TPSA) is 79.4 Å². The fraction of sp³-hybridized carbons (Fsp3) is 0.714. The average Bonchev–Trinajstić information content (AvgIpc) is 1.84. The molecule has 0 aromatic heterocycles. The number of rotatable bonds is 5. The van der Waals surface area contributed by atoms with Gasteiger partial charge in [0, 0.05) is 6.54 Å². The molecule has 0 unspecified atom stereocenters. The molecule has 0 aliphatic rings. The normalized spacial score (nSPS) is 9.92. The molecular weight excluding hydrogens is 158 g/mol. The number of esters is 1. The fourth-order valence-electron chi connectivity index (χ4n) is 0.549. The molecule has 0 aromatic carbocycles. The minimum absolute atomic E-state index is 0.118. The Hall–Kier alpha value is -1.10. The van der Waals surface area contributed by atoms with Gasteiger partial charge in [0.2, 0.25) is 0 Å². The van der Waals surface area contributed by atoms with Gasteiger partial charge in [0.15, 0.2) is 0 Å². The number of nitrogens with two attached hydrogens (primary N) is 1. The van der Waals surface area contributed by atoms with Crippen molar-refractivity contribution in [2.75, 3.05) is 27.2 Å². The largest absolute Gasteiger partial charge is 0.464 e. The van der Waals surface area contributed by atoms with Crippen LogP contribution in [0.5, 0.6) is 0 Å². The number of nitrogens with zero attached hydrogens (tertiary/aromatic N) is 1. The van der Waals surface area contributed by atoms with Crippen LogP contribution in [0.2, 0.25) is 0 Å². The van der Waals surface area contributed by atoms with Gasteiger partial charge in [-0.1, -0.05) is 0 Å². The molecule has 0 atom stereocenters. The number of nitrogens with one attached hydrogen (secondary N) is 1. The Kier molecular flexibility index (Phi) is 5.03. The van der Waals surface area contributed by atoms with Crippen LogP contribution in [0, 0.1) is 5.41 Å². The summed E-state index contributed by atoms with van der Waals surface area (Å²) in [5.41, 5.74) is 5.00. The standard InChI is InChI=1S/C7H15N3O2/c1-10(2)3-4-12-7(11)5-6(8)9/h3-5H2,1-2H3,(H3,8,9). The minimum Gasteiger partial charge on any atom is -0.464 e. The molecule has 0 spiro atoms. The third-order valence-electron chi connectivity index (χ3n) is 1.14. The lowest BCUT2D eigenvalue weighted by Crippen LogP contribution is -2.22. The van der Waals surface area contributed by atoms with Crippen LogP contribution in [0.4, 0.5) is 0 Å². The van der Waals surface area contributed by atoms with Crippen LogP contribution in [-0.4, -0.2) is 44.0 Å². The number of ether oxygens (including phenoxy) is 1. The predicted molar refractivity (Wildman–Crippen MR) is 46.0 cm³/mol. The van der Waals surface area contributed by atoms with Gasteiger partial charge in [-0.15, -0.1) is 0 Å². The van der Waals surface area contributed by atoms with Gasteiger partial charge in [0.1, 0.15) is 18.9 Å². The quantitative estimate of drug-likeness (QED) is 0.331. The van der Waals surface area contributed by atoms with E-state index < -0.39 is 5.97 Å². The van der Waals surface area contributed by atoms with Crippen molar-refractivity contribution >= 4 is 11.8 Å². The molecule has 70 valence electrons. The lowest BCUT2D eigenvalue weighted by molar-refractivity contribution is -0.142. The lowest BCUT2D eigenvalue weighted by atomic mass is 10.4. The third kappa shape index (κ3) is 7.01. The molecule has 0 bridgehead atoms. The summed E-state index contributed by atoms with van der Waals surface area (Å²) < 4.78 is 4.76. The van der Waals surface area contributed by atoms with Crippen LogP contribution in [-0.2, 0) is 9.53 Å². The second-order valence-electron chi connectivity index (χ2n) is 2.73. The minimum atomic E-state index is -0.440. The second-order valence-corrected chi connectivity index (χ2v) is 2.73. The maximum Gasteiger partial charge on any atom is 0.313 e. The summed E-state index contributed by atoms with van der Waals surface area (Å²) in [6.45, 7) is 1.03. The molecule has 0 amide bonds. The van der Waals surface area contributed by atoms with Gasteiger partial charge in [-0.2, -0.15) is 0 Å². The molecule has 0 aliphatic heterocycles. The molecule has 12 heavy (non-hydrogen) atoms. The zero-order valence-electron chi connectivity index (χ0n) is 7.46. The molecule has 3 N–H and O–H groups in total. The Morgan fingerprint density at radius 2 is 2.17 bits per heavy atom. The monoisotopic (exact) mass is 173 g/mol. The molecule has 0 heterocycles. The number of carbonyl (C=O) groups excluding carboxylic acids is 1. The highest BCUT2D eigenvalue weighted by Crippen LogP contribution is 1.85. The van der Waals surface area contributed by atoms with E-state index >= 15 is 0 Å². The van der Waals surface area contributed by atoms with Crippen LogP contribution >= 0.6 is 0 Å². The summed E-state index contributed by atoms with van der Waals surface area (Å²) in [6.07, 6.45) is -0.118. The van der Waals surface area contributed by atoms with Gasteiger partial charge in [-0.3, -0.25) is 10.2 Å². The van der Waals surface area contributed by atoms with E-state index in [9.17, 15) is 4.79 Å². The summed E-state index contributed by atoms with van der Waals surface area (Å²) in [5, 5.41) is 6.81. The molecule has 5 heteroatoms. The van der Waals surface area contributed by atoms with Crippen molar-refractivity contribution in [1.29, 1.82) is 5.41 Å². The zero-order chi connectivity index (χ0) is 9.56. The van der Waals surface area contributed by atoms with Gasteiger partial charge in [0.05, 0.1) is 0 Å². The molecule has 0 radical (unpaired) electrons. The first-order valence-corrected chi connectivity index (χ1v) is 3.65. The van der Waals surface area contributed by atoms with Crippen molar-refractivity contribution in [2.24, 2.45) is 5.73 Å². The molecule has 0 rings (SSSR count). The highest BCUT2D eigenvalue weighted by atomic mass is 16.5. The van der Waals surface area contributed by atoms with Crippen molar-refractivity contribution in [3.8, 4) is 0 Å². The van der Waals surface area contributed by atoms with E-state index in [1.54, 1.807) is 0 Å². The Morgan fingerprint density at radius 1 is 1.58 bits per heavy atom. The average molecular weight is 173 g/mol. The maximum absolute atomic E-state index is 10.8. The summed E-state index contributed by atoms with van der Waals surface area (Å²) >= 11 is 0. The van der Waals surface area contributed by atoms with E-state index in [1.165, 1.54) is 0 Å². The Bertz CT molecular complexity index is 168. The molecule has 0 aromatic rings. The van der Waals surface area contributed by atoms with Gasteiger partial charge in [0.25, 0.3) is 0 Å². The first-order valence-electron chi connectivity index (χ1n) is 3.65. The van der Waals surface area contributed by atoms with Crippen molar-refractivity contribution in [2.45, 2.75) is 6.42 Å². The van der Waals surface area contributed by atoms with Gasteiger partial charge in [-0.25, -0.2) is 0 Å². The van der Waals surface area contributed by atoms with Crippen molar-refractivity contribution in [1.82, 2.24) is 4.90 Å². The van der Waals surface area contributed by atoms with E-state index in [2.05, 4.69) is 0 Å². The molecule has 0 saturated heterocycles. The van der Waals surface area contributed by atoms with E-state index in [4.69, 9.17) is 15.9 Å². The fourth-order valence-corrected chi connectivity index (χ4v) is 0.549. The Labute approximate surface area is 72.0 Å². The van der Waals surface area contributed by atoms with Crippen molar-refractivity contribution in [3.05, 3.63) is 0 Å². The number of hydrogen-bond acceptors (Lipinski definition) is 4. The highest BCUT2D eigenvalue weighted by Gasteiger charge is 2.03. The smallest absolute Gasteiger partial charge is 0.313 e. The van der Waals surface area contributed by atoms with Crippen LogP contribution < -0.4 is 5.73 Å². The lowest BCUT2D eigenvalue weighted by Gasteiger charge is -2.09. The van der Waals surface area contributed by atoms with E-state index in [-0.39, 0.29) is 12.3 Å². The van der Waals surface area contributed by atoms with Gasteiger partial charge >= 0.3 is 5.97 Å². The Balaban J connectivity index is 3.38. The van der Waals surface area contributed by atoms with Crippen LogP contribution in [0.15, 0.2) is 0 Å². The van der Waals surface area contributed by atoms with E-state index in [0.717, 1.165) is 0 Å². The Morgan fingerprint density at radius 3 is 2.58 bits per heavy atom. The molecular formula is C7H15N3O2. The zero-order valence-corrected chi connectivity index (χ0v) is 7.46. The summed E-state index contributed by atoms with van der Waals surface area (Å²) in [5.74, 6) is -0.603. The number of amidine groups is 1. The molecule has 0 aliphatic carbocycles. The highest BCUT2D eigenvalue weighted by molar-refractivity contribution is 5.94. The molecule has 5 nitrogen and oxygen atoms in total. The van der Waals surface area contributed by atoms with E-state index in [0.29, 0.717) is 13.2 Å². The number of carbonyl (C=O) groups is 1. The van der Waals surface area contributed by atoms with Crippen LogP contribution in [0.25, 0.3) is 0 Å². The second kappa shape index (κ2) is 5.54. The van der Waals surface area contributed by atoms with Crippen molar-refractivity contribution < 1.29 is 9.53 Å². The first kappa shape index (κ1) is 10.9. The molecule has 0 saturated carbocycles. The summed E-state index contributed by atoms with van der Waals surface area (Å²) in [7, 11) is 3.78. The first-order chi connectivity index (χ1) is 5.52. The van der Waals surface area contributed by atoms with Gasteiger partial charge < -0.3 is 15.4 Å². The summed E-state index contributed by atoms with van der Waals surface area (Å²) in [4.78, 5) is 12.7.